The van der Waals surface area contributed by atoms with Crippen molar-refractivity contribution in [2.24, 2.45) is 0 Å². The van der Waals surface area contributed by atoms with Crippen LogP contribution >= 0.6 is 0 Å². The Morgan fingerprint density at radius 3 is 1.73 bits per heavy atom. The Hall–Kier alpha value is -2.15. The van der Waals surface area contributed by atoms with Crippen LogP contribution in [0.5, 0.6) is 0 Å². The molecule has 0 N–H and O–H groups in total. The van der Waals surface area contributed by atoms with Crippen molar-refractivity contribution in [3.8, 4) is 0 Å². The van der Waals surface area contributed by atoms with Gasteiger partial charge < -0.3 is 0 Å². The molecule has 0 aliphatic rings. The first-order valence-corrected chi connectivity index (χ1v) is 7.76. The lowest BCUT2D eigenvalue weighted by Crippen LogP contribution is -1.88. The van der Waals surface area contributed by atoms with E-state index in [9.17, 15) is 4.79 Å². The first kappa shape index (κ1) is 24.8. The van der Waals surface area contributed by atoms with E-state index in [-0.39, 0.29) is 5.78 Å². The Balaban J connectivity index is -0.000000267. The summed E-state index contributed by atoms with van der Waals surface area (Å²) in [6, 6.07) is 9.23. The third-order valence-corrected chi connectivity index (χ3v) is 2.06. The molecule has 0 saturated carbocycles. The third-order valence-electron chi connectivity index (χ3n) is 2.06. The smallest absolute Gasteiger partial charge is 0.159 e. The lowest BCUT2D eigenvalue weighted by atomic mass is 10.2. The summed E-state index contributed by atoms with van der Waals surface area (Å²) in [6.45, 7) is 18.7. The van der Waals surface area contributed by atoms with E-state index >= 15 is 0 Å². The van der Waals surface area contributed by atoms with Gasteiger partial charge in [0.25, 0.3) is 0 Å². The van der Waals surface area contributed by atoms with Crippen molar-refractivity contribution in [2.45, 2.75) is 41.5 Å². The lowest BCUT2D eigenvalue weighted by molar-refractivity contribution is 0.101. The molecule has 0 atom stereocenters. The molecule has 0 spiro atoms. The molecule has 0 heterocycles. The quantitative estimate of drug-likeness (QED) is 0.441. The van der Waals surface area contributed by atoms with E-state index in [0.29, 0.717) is 0 Å². The van der Waals surface area contributed by atoms with Gasteiger partial charge in [-0.2, -0.15) is 0 Å². The first-order chi connectivity index (χ1) is 10.6. The second kappa shape index (κ2) is 21.2. The molecule has 0 aromatic heterocycles. The van der Waals surface area contributed by atoms with Crippen LogP contribution in [0.3, 0.4) is 0 Å². The van der Waals surface area contributed by atoms with Gasteiger partial charge in [0, 0.05) is 5.56 Å². The molecule has 0 aliphatic carbocycles. The topological polar surface area (TPSA) is 17.1 Å². The Bertz CT molecular complexity index is 436. The number of benzene rings is 1. The number of Topliss-reactive ketones (excluding diaryl/α,β-unsaturated/α-hetero) is 1. The van der Waals surface area contributed by atoms with E-state index < -0.39 is 0 Å². The number of ketones is 1. The van der Waals surface area contributed by atoms with Gasteiger partial charge in [-0.05, 0) is 13.8 Å². The number of allylic oxidation sites excluding steroid dienone is 6. The molecule has 1 rings (SSSR count). The minimum Gasteiger partial charge on any atom is -0.295 e. The van der Waals surface area contributed by atoms with Crippen molar-refractivity contribution >= 4 is 5.78 Å². The summed E-state index contributed by atoms with van der Waals surface area (Å²) in [5.74, 6) is 0.121. The van der Waals surface area contributed by atoms with Gasteiger partial charge in [0.1, 0.15) is 0 Å². The van der Waals surface area contributed by atoms with Crippen molar-refractivity contribution in [1.29, 1.82) is 0 Å². The van der Waals surface area contributed by atoms with Crippen LogP contribution in [-0.2, 0) is 0 Å². The normalized spacial score (nSPS) is 9.09. The van der Waals surface area contributed by atoms with Crippen LogP contribution in [0.1, 0.15) is 51.9 Å². The van der Waals surface area contributed by atoms with Gasteiger partial charge in [-0.25, -0.2) is 0 Å². The summed E-state index contributed by atoms with van der Waals surface area (Å²) in [5.41, 5.74) is 1.96. The number of carbonyl (C=O) groups is 1. The molecule has 122 valence electrons. The lowest BCUT2D eigenvalue weighted by Gasteiger charge is -1.89. The highest BCUT2D eigenvalue weighted by Gasteiger charge is 1.92. The maximum Gasteiger partial charge on any atom is 0.159 e. The van der Waals surface area contributed by atoms with Gasteiger partial charge >= 0.3 is 0 Å². The van der Waals surface area contributed by atoms with Gasteiger partial charge in [0.2, 0.25) is 0 Å². The largest absolute Gasteiger partial charge is 0.295 e. The Labute approximate surface area is 137 Å². The van der Waals surface area contributed by atoms with E-state index in [1.165, 1.54) is 5.57 Å². The van der Waals surface area contributed by atoms with E-state index in [2.05, 4.69) is 13.2 Å². The van der Waals surface area contributed by atoms with Gasteiger partial charge in [-0.1, -0.05) is 107 Å². The van der Waals surface area contributed by atoms with E-state index in [4.69, 9.17) is 0 Å². The van der Waals surface area contributed by atoms with E-state index in [1.807, 2.05) is 83.2 Å². The van der Waals surface area contributed by atoms with Crippen molar-refractivity contribution in [2.75, 3.05) is 0 Å². The Morgan fingerprint density at radius 2 is 1.41 bits per heavy atom. The second-order valence-electron chi connectivity index (χ2n) is 3.66. The molecule has 1 aromatic carbocycles. The highest BCUT2D eigenvalue weighted by atomic mass is 16.1. The van der Waals surface area contributed by atoms with Gasteiger partial charge in [0.15, 0.2) is 5.78 Å². The van der Waals surface area contributed by atoms with Crippen molar-refractivity contribution in [3.05, 3.63) is 85.0 Å². The van der Waals surface area contributed by atoms with E-state index in [1.54, 1.807) is 19.1 Å². The minimum absolute atomic E-state index is 0.121. The molecule has 1 heteroatoms. The SMILES string of the molecule is C=C/C=C\C(C)=C/C=C.CC.CC.CC(=O)c1ccccc1. The van der Waals surface area contributed by atoms with Crippen LogP contribution in [-0.4, -0.2) is 5.78 Å². The predicted octanol–water partition coefficient (Wildman–Crippen LogP) is 6.80. The number of rotatable bonds is 4. The number of carbonyl (C=O) groups excluding carboxylic acids is 1. The maximum absolute atomic E-state index is 10.6. The molecule has 0 fully saturated rings. The minimum atomic E-state index is 0.121. The summed E-state index contributed by atoms with van der Waals surface area (Å²) in [4.78, 5) is 10.6. The van der Waals surface area contributed by atoms with Crippen LogP contribution in [0.2, 0.25) is 0 Å². The number of hydrogen-bond donors (Lipinski definition) is 0. The molecule has 22 heavy (non-hydrogen) atoms. The summed E-state index contributed by atoms with van der Waals surface area (Å²) >= 11 is 0. The molecule has 0 amide bonds. The molecular formula is C21H32O. The fourth-order valence-electron chi connectivity index (χ4n) is 1.13. The molecule has 0 unspecified atom stereocenters. The number of hydrogen-bond acceptors (Lipinski definition) is 1. The van der Waals surface area contributed by atoms with E-state index in [0.717, 1.165) is 5.56 Å². The standard InChI is InChI=1S/C9H12.C8H8O.2C2H6/c1-4-6-8-9(3)7-5-2;1-7(9)8-5-3-2-4-6-8;2*1-2/h4-8H,1-2H2,3H3;2-6H,1H3;2*1-2H3/b8-6-,9-7-;;;. The Kier molecular flexibility index (Phi) is 23.9. The highest BCUT2D eigenvalue weighted by Crippen LogP contribution is 1.97. The van der Waals surface area contributed by atoms with Gasteiger partial charge in [-0.3, -0.25) is 4.79 Å². The zero-order valence-corrected chi connectivity index (χ0v) is 15.1. The molecule has 0 saturated heterocycles. The highest BCUT2D eigenvalue weighted by molar-refractivity contribution is 5.93. The van der Waals surface area contributed by atoms with Gasteiger partial charge in [-0.15, -0.1) is 0 Å². The fourth-order valence-corrected chi connectivity index (χ4v) is 1.13. The molecule has 0 bridgehead atoms. The first-order valence-electron chi connectivity index (χ1n) is 7.76. The zero-order chi connectivity index (χ0) is 17.8. The zero-order valence-electron chi connectivity index (χ0n) is 15.1. The predicted molar refractivity (Wildman–Crippen MR) is 102 cm³/mol. The summed E-state index contributed by atoms with van der Waals surface area (Å²) < 4.78 is 0. The second-order valence-corrected chi connectivity index (χ2v) is 3.66. The molecule has 0 radical (unpaired) electrons. The molecule has 1 nitrogen and oxygen atoms in total. The summed E-state index contributed by atoms with van der Waals surface area (Å²) in [5, 5.41) is 0. The molecular weight excluding hydrogens is 268 g/mol. The van der Waals surface area contributed by atoms with Crippen LogP contribution in [0.4, 0.5) is 0 Å². The van der Waals surface area contributed by atoms with Crippen molar-refractivity contribution < 1.29 is 4.79 Å². The Morgan fingerprint density at radius 1 is 0.909 bits per heavy atom. The van der Waals surface area contributed by atoms with Crippen LogP contribution in [0, 0.1) is 0 Å². The van der Waals surface area contributed by atoms with Crippen molar-refractivity contribution in [3.63, 3.8) is 0 Å². The summed E-state index contributed by atoms with van der Waals surface area (Å²) in [7, 11) is 0. The van der Waals surface area contributed by atoms with Gasteiger partial charge in [0.05, 0.1) is 0 Å². The molecule has 0 aliphatic heterocycles. The average molecular weight is 300 g/mol. The third kappa shape index (κ3) is 17.8. The average Bonchev–Trinajstić information content (AvgIpc) is 2.58. The van der Waals surface area contributed by atoms with Crippen molar-refractivity contribution in [1.82, 2.24) is 0 Å². The maximum atomic E-state index is 10.6. The van der Waals surface area contributed by atoms with Crippen LogP contribution in [0.25, 0.3) is 0 Å². The monoisotopic (exact) mass is 300 g/mol. The molecule has 1 aromatic rings. The van der Waals surface area contributed by atoms with Crippen LogP contribution in [0.15, 0.2) is 79.4 Å². The fraction of sp³-hybridized carbons (Fsp3) is 0.286. The summed E-state index contributed by atoms with van der Waals surface area (Å²) in [6.07, 6.45) is 9.34. The van der Waals surface area contributed by atoms with Crippen LogP contribution < -0.4 is 0 Å².